The van der Waals surface area contributed by atoms with Crippen LogP contribution in [-0.2, 0) is 9.53 Å². The van der Waals surface area contributed by atoms with Crippen LogP contribution in [0.1, 0.15) is 32.1 Å². The largest absolute Gasteiger partial charge is 0.495 e. The fourth-order valence-electron chi connectivity index (χ4n) is 3.76. The Morgan fingerprint density at radius 2 is 2.16 bits per heavy atom. The summed E-state index contributed by atoms with van der Waals surface area (Å²) < 4.78 is 11.2. The highest BCUT2D eigenvalue weighted by molar-refractivity contribution is 5.92. The van der Waals surface area contributed by atoms with E-state index in [4.69, 9.17) is 9.47 Å². The molecule has 2 N–H and O–H groups in total. The zero-order chi connectivity index (χ0) is 17.7. The molecule has 0 saturated carbocycles. The number of nitrogens with zero attached hydrogens (tertiary/aromatic N) is 1. The third kappa shape index (κ3) is 4.32. The number of nitrogens with one attached hydrogen (secondary N) is 1. The number of amides is 1. The number of ether oxygens (including phenoxy) is 2. The molecule has 2 aliphatic rings. The number of methoxy groups -OCH3 is 1. The molecule has 2 heterocycles. The predicted molar refractivity (Wildman–Crippen MR) is 95.8 cm³/mol. The lowest BCUT2D eigenvalue weighted by molar-refractivity contribution is -0.176. The first-order valence-corrected chi connectivity index (χ1v) is 9.10. The maximum Gasteiger partial charge on any atom is 0.225 e. The maximum atomic E-state index is 12.2. The van der Waals surface area contributed by atoms with Gasteiger partial charge in [-0.2, -0.15) is 0 Å². The van der Waals surface area contributed by atoms with Crippen LogP contribution in [0.2, 0.25) is 0 Å². The summed E-state index contributed by atoms with van der Waals surface area (Å²) in [6.45, 7) is 3.18. The second kappa shape index (κ2) is 8.17. The number of aliphatic hydroxyl groups excluding tert-OH is 1. The number of likely N-dealkylation sites (tertiary alicyclic amines) is 1. The molecule has 2 aliphatic heterocycles. The molecule has 0 aliphatic carbocycles. The van der Waals surface area contributed by atoms with Crippen molar-refractivity contribution in [2.24, 2.45) is 0 Å². The third-order valence-corrected chi connectivity index (χ3v) is 5.36. The van der Waals surface area contributed by atoms with Crippen molar-refractivity contribution in [1.82, 2.24) is 4.90 Å². The SMILES string of the molecule is COc1ccccc1NC(=O)CCN1CCC2(CC1)OCCCC2O. The van der Waals surface area contributed by atoms with E-state index >= 15 is 0 Å². The highest BCUT2D eigenvalue weighted by Gasteiger charge is 2.43. The number of carbonyl (C=O) groups excluding carboxylic acids is 1. The first kappa shape index (κ1) is 18.2. The Hall–Kier alpha value is -1.63. The smallest absolute Gasteiger partial charge is 0.225 e. The lowest BCUT2D eigenvalue weighted by Crippen LogP contribution is -2.55. The number of hydrogen-bond acceptors (Lipinski definition) is 5. The van der Waals surface area contributed by atoms with E-state index in [0.29, 0.717) is 24.4 Å². The summed E-state index contributed by atoms with van der Waals surface area (Å²) in [5, 5.41) is 13.2. The van der Waals surface area contributed by atoms with Gasteiger partial charge in [-0.3, -0.25) is 4.79 Å². The first-order valence-electron chi connectivity index (χ1n) is 9.10. The van der Waals surface area contributed by atoms with Crippen molar-refractivity contribution in [2.75, 3.05) is 38.7 Å². The van der Waals surface area contributed by atoms with Gasteiger partial charge in [0, 0.05) is 32.7 Å². The molecule has 1 atom stereocenters. The molecular formula is C19H28N2O4. The Labute approximate surface area is 149 Å². The maximum absolute atomic E-state index is 12.2. The molecule has 1 amide bonds. The summed E-state index contributed by atoms with van der Waals surface area (Å²) in [5.74, 6) is 0.651. The van der Waals surface area contributed by atoms with Crippen LogP contribution in [0.15, 0.2) is 24.3 Å². The molecule has 2 saturated heterocycles. The molecule has 1 aromatic rings. The van der Waals surface area contributed by atoms with Gasteiger partial charge in [0.1, 0.15) is 5.75 Å². The molecule has 0 bridgehead atoms. The van der Waals surface area contributed by atoms with Gasteiger partial charge >= 0.3 is 0 Å². The topological polar surface area (TPSA) is 71.0 Å². The van der Waals surface area contributed by atoms with Crippen molar-refractivity contribution in [2.45, 2.75) is 43.8 Å². The Kier molecular flexibility index (Phi) is 5.93. The lowest BCUT2D eigenvalue weighted by atomic mass is 9.82. The molecule has 2 fully saturated rings. The fourth-order valence-corrected chi connectivity index (χ4v) is 3.76. The van der Waals surface area contributed by atoms with Gasteiger partial charge in [-0.15, -0.1) is 0 Å². The zero-order valence-electron chi connectivity index (χ0n) is 14.9. The van der Waals surface area contributed by atoms with E-state index in [2.05, 4.69) is 10.2 Å². The van der Waals surface area contributed by atoms with Crippen molar-refractivity contribution < 1.29 is 19.4 Å². The van der Waals surface area contributed by atoms with Crippen LogP contribution >= 0.6 is 0 Å². The lowest BCUT2D eigenvalue weighted by Gasteiger charge is -2.46. The summed E-state index contributed by atoms with van der Waals surface area (Å²) >= 11 is 0. The van der Waals surface area contributed by atoms with Crippen LogP contribution in [0.5, 0.6) is 5.75 Å². The molecule has 1 aromatic carbocycles. The van der Waals surface area contributed by atoms with Gasteiger partial charge in [0.2, 0.25) is 5.91 Å². The summed E-state index contributed by atoms with van der Waals surface area (Å²) in [6.07, 6.45) is 3.54. The summed E-state index contributed by atoms with van der Waals surface area (Å²) in [6, 6.07) is 7.41. The first-order chi connectivity index (χ1) is 12.1. The molecular weight excluding hydrogens is 320 g/mol. The molecule has 6 heteroatoms. The van der Waals surface area contributed by atoms with E-state index in [9.17, 15) is 9.90 Å². The minimum Gasteiger partial charge on any atom is -0.495 e. The minimum atomic E-state index is -0.353. The van der Waals surface area contributed by atoms with Crippen LogP contribution in [0.3, 0.4) is 0 Å². The van der Waals surface area contributed by atoms with Crippen LogP contribution < -0.4 is 10.1 Å². The molecule has 138 valence electrons. The average Bonchev–Trinajstić information content (AvgIpc) is 2.64. The minimum absolute atomic E-state index is 0.0151. The van der Waals surface area contributed by atoms with E-state index in [1.807, 2.05) is 24.3 Å². The van der Waals surface area contributed by atoms with Gasteiger partial charge in [-0.25, -0.2) is 0 Å². The van der Waals surface area contributed by atoms with E-state index < -0.39 is 0 Å². The standard InChI is InChI=1S/C19H28N2O4/c1-24-16-6-3-2-5-15(16)20-18(23)8-11-21-12-9-19(10-13-21)17(22)7-4-14-25-19/h2-3,5-6,17,22H,4,7-14H2,1H3,(H,20,23). The monoisotopic (exact) mass is 348 g/mol. The van der Waals surface area contributed by atoms with Gasteiger partial charge < -0.3 is 24.8 Å². The molecule has 1 spiro atoms. The summed E-state index contributed by atoms with van der Waals surface area (Å²) in [7, 11) is 1.59. The molecule has 0 radical (unpaired) electrons. The Morgan fingerprint density at radius 3 is 2.88 bits per heavy atom. The van der Waals surface area contributed by atoms with Crippen molar-refractivity contribution in [3.63, 3.8) is 0 Å². The highest BCUT2D eigenvalue weighted by Crippen LogP contribution is 2.35. The Morgan fingerprint density at radius 1 is 1.40 bits per heavy atom. The van der Waals surface area contributed by atoms with Gasteiger partial charge in [-0.05, 0) is 37.8 Å². The van der Waals surface area contributed by atoms with Crippen LogP contribution in [-0.4, -0.2) is 61.0 Å². The van der Waals surface area contributed by atoms with Crippen molar-refractivity contribution >= 4 is 11.6 Å². The van der Waals surface area contributed by atoms with E-state index in [-0.39, 0.29) is 17.6 Å². The van der Waals surface area contributed by atoms with Gasteiger partial charge in [-0.1, -0.05) is 12.1 Å². The van der Waals surface area contributed by atoms with E-state index in [1.165, 1.54) is 0 Å². The number of rotatable bonds is 5. The average molecular weight is 348 g/mol. The van der Waals surface area contributed by atoms with E-state index in [0.717, 1.165) is 45.4 Å². The Bertz CT molecular complexity index is 585. The van der Waals surface area contributed by atoms with Gasteiger partial charge in [0.15, 0.2) is 0 Å². The molecule has 0 aromatic heterocycles. The normalized spacial score (nSPS) is 23.4. The Balaban J connectivity index is 1.44. The third-order valence-electron chi connectivity index (χ3n) is 5.36. The second-order valence-electron chi connectivity index (χ2n) is 6.91. The molecule has 3 rings (SSSR count). The van der Waals surface area contributed by atoms with Crippen molar-refractivity contribution in [3.05, 3.63) is 24.3 Å². The molecule has 25 heavy (non-hydrogen) atoms. The fraction of sp³-hybridized carbons (Fsp3) is 0.632. The summed E-state index contributed by atoms with van der Waals surface area (Å²) in [4.78, 5) is 14.5. The number of piperidine rings is 1. The van der Waals surface area contributed by atoms with Crippen molar-refractivity contribution in [3.8, 4) is 5.75 Å². The number of benzene rings is 1. The number of aliphatic hydroxyl groups is 1. The predicted octanol–water partition coefficient (Wildman–Crippen LogP) is 2.03. The zero-order valence-corrected chi connectivity index (χ0v) is 14.9. The molecule has 1 unspecified atom stereocenters. The van der Waals surface area contributed by atoms with E-state index in [1.54, 1.807) is 7.11 Å². The summed E-state index contributed by atoms with van der Waals surface area (Å²) in [5.41, 5.74) is 0.348. The number of anilines is 1. The quantitative estimate of drug-likeness (QED) is 0.852. The number of para-hydroxylation sites is 2. The number of hydrogen-bond donors (Lipinski definition) is 2. The van der Waals surface area contributed by atoms with Crippen LogP contribution in [0.25, 0.3) is 0 Å². The molecule has 6 nitrogen and oxygen atoms in total. The highest BCUT2D eigenvalue weighted by atomic mass is 16.5. The van der Waals surface area contributed by atoms with Gasteiger partial charge in [0.05, 0.1) is 24.5 Å². The van der Waals surface area contributed by atoms with Crippen LogP contribution in [0.4, 0.5) is 5.69 Å². The van der Waals surface area contributed by atoms with Gasteiger partial charge in [0.25, 0.3) is 0 Å². The van der Waals surface area contributed by atoms with Crippen molar-refractivity contribution in [1.29, 1.82) is 0 Å². The van der Waals surface area contributed by atoms with Crippen LogP contribution in [0, 0.1) is 0 Å². The second-order valence-corrected chi connectivity index (χ2v) is 6.91. The number of carbonyl (C=O) groups is 1.